The molecule has 65 heavy (non-hydrogen) atoms. The van der Waals surface area contributed by atoms with Gasteiger partial charge in [-0.3, -0.25) is 19.2 Å². The number of methoxy groups -OCH3 is 1. The number of Topliss-reactive ketones (excluding diaryl/α,β-unsaturated/α-hetero) is 3. The molecule has 1 saturated carbocycles. The van der Waals surface area contributed by atoms with E-state index in [0.717, 1.165) is 5.57 Å². The number of allylic oxidation sites excluding steroid dienone is 6. The van der Waals surface area contributed by atoms with E-state index < -0.39 is 90.3 Å². The van der Waals surface area contributed by atoms with Gasteiger partial charge in [-0.1, -0.05) is 71.1 Å². The van der Waals surface area contributed by atoms with Gasteiger partial charge in [0.2, 0.25) is 5.79 Å². The number of aliphatic hydroxyl groups excluding tert-OH is 4. The van der Waals surface area contributed by atoms with Gasteiger partial charge in [0.25, 0.3) is 11.7 Å². The number of ketones is 3. The molecule has 5 unspecified atom stereocenters. The van der Waals surface area contributed by atoms with Crippen LogP contribution in [0.1, 0.15) is 126 Å². The van der Waals surface area contributed by atoms with Crippen LogP contribution in [0, 0.1) is 47.3 Å². The summed E-state index contributed by atoms with van der Waals surface area (Å²) in [7, 11) is 1.57. The zero-order valence-electron chi connectivity index (χ0n) is 40.1. The summed E-state index contributed by atoms with van der Waals surface area (Å²) >= 11 is 0. The number of carbonyl (C=O) groups is 5. The molecule has 0 aromatic rings. The maximum Gasteiger partial charge on any atom is 0.329 e. The Bertz CT molecular complexity index is 1760. The van der Waals surface area contributed by atoms with Crippen LogP contribution in [-0.2, 0) is 38.2 Å². The quantitative estimate of drug-likeness (QED) is 0.129. The lowest BCUT2D eigenvalue weighted by molar-refractivity contribution is -0.265. The molecule has 0 aromatic heterocycles. The minimum absolute atomic E-state index is 0.0117. The number of cyclic esters (lactones) is 1. The maximum absolute atomic E-state index is 14.3. The monoisotopic (exact) mass is 914 g/mol. The SMILES string of the molecule is CO[C@H]1CC2CC[C@@H](C)[C@@](O)(O2)C(=O)C(=O)N2CCCC[C@H]2C(=O)O[C@H](C(C)CC2CC[C@@H](O)[C@H](CO)C2)CC(=O)[C@H](C)/C=C(\C)[C@@H](O)C(CO)C(=O)[C@H](C)CC(C)/C=C/C=CC=C1C. The second-order valence-corrected chi connectivity index (χ2v) is 19.9. The van der Waals surface area contributed by atoms with Crippen LogP contribution in [0.2, 0.25) is 0 Å². The molecule has 5 N–H and O–H groups in total. The summed E-state index contributed by atoms with van der Waals surface area (Å²) < 4.78 is 18.2. The van der Waals surface area contributed by atoms with Gasteiger partial charge in [0, 0.05) is 56.8 Å². The van der Waals surface area contributed by atoms with Gasteiger partial charge < -0.3 is 44.6 Å². The highest BCUT2D eigenvalue weighted by Gasteiger charge is 2.53. The Morgan fingerprint density at radius 2 is 1.60 bits per heavy atom. The largest absolute Gasteiger partial charge is 0.460 e. The minimum Gasteiger partial charge on any atom is -0.460 e. The molecule has 14 nitrogen and oxygen atoms in total. The van der Waals surface area contributed by atoms with Gasteiger partial charge in [0.05, 0.1) is 36.9 Å². The smallest absolute Gasteiger partial charge is 0.329 e. The average Bonchev–Trinajstić information content (AvgIpc) is 3.28. The molecule has 2 bridgehead atoms. The Morgan fingerprint density at radius 3 is 2.28 bits per heavy atom. The molecule has 3 heterocycles. The molecule has 4 aliphatic rings. The first-order valence-electron chi connectivity index (χ1n) is 24.1. The van der Waals surface area contributed by atoms with Crippen molar-refractivity contribution in [3.05, 3.63) is 47.6 Å². The summed E-state index contributed by atoms with van der Waals surface area (Å²) in [5.74, 6) is -9.71. The number of nitrogens with zero attached hydrogens (tertiary/aromatic N) is 1. The molecule has 1 amide bonds. The van der Waals surface area contributed by atoms with Crippen molar-refractivity contribution < 1.29 is 63.7 Å². The van der Waals surface area contributed by atoms with E-state index in [4.69, 9.17) is 14.2 Å². The van der Waals surface area contributed by atoms with Crippen LogP contribution in [0.15, 0.2) is 47.6 Å². The number of hydrogen-bond acceptors (Lipinski definition) is 13. The summed E-state index contributed by atoms with van der Waals surface area (Å²) in [5.41, 5.74) is 1.21. The van der Waals surface area contributed by atoms with Gasteiger partial charge in [-0.05, 0) is 107 Å². The standard InChI is InChI=1S/C51H79NO13/c1-30-14-10-9-11-15-31(2)44(63-8)26-39-19-17-36(7)51(62,65-39)48(59)49(60)52-21-13-12-16-41(52)50(61)64-45(33(4)24-37-18-20-42(55)38(25-37)28-53)27-43(56)32(3)23-35(6)47(58)40(29-54)46(57)34(5)22-30/h9-11,14-15,23,30,32-34,36-42,44-45,47,53-55,58,62H,12-13,16-22,24-29H2,1-8H3/b11-9?,14-10+,31-15?,35-23+/t30?,32-,33?,34-,36-,37?,38+,39?,40?,41+,42-,44+,45+,47-,51-/m1/s1. The summed E-state index contributed by atoms with van der Waals surface area (Å²) in [6, 6.07) is -1.16. The summed E-state index contributed by atoms with van der Waals surface area (Å²) in [6.45, 7) is 11.8. The molecular weight excluding hydrogens is 835 g/mol. The third kappa shape index (κ3) is 14.3. The third-order valence-corrected chi connectivity index (χ3v) is 14.7. The van der Waals surface area contributed by atoms with Crippen molar-refractivity contribution in [2.75, 3.05) is 26.9 Å². The van der Waals surface area contributed by atoms with Gasteiger partial charge in [-0.25, -0.2) is 4.79 Å². The van der Waals surface area contributed by atoms with Crippen molar-refractivity contribution in [2.45, 2.75) is 168 Å². The van der Waals surface area contributed by atoms with Crippen LogP contribution in [-0.4, -0.2) is 129 Å². The number of piperidine rings is 1. The van der Waals surface area contributed by atoms with Crippen LogP contribution in [0.5, 0.6) is 0 Å². The summed E-state index contributed by atoms with van der Waals surface area (Å²) in [4.78, 5) is 71.6. The average molecular weight is 914 g/mol. The Hall–Kier alpha value is -3.37. The predicted octanol–water partition coefficient (Wildman–Crippen LogP) is 5.37. The van der Waals surface area contributed by atoms with E-state index in [1.54, 1.807) is 40.9 Å². The molecule has 3 aliphatic heterocycles. The second-order valence-electron chi connectivity index (χ2n) is 19.9. The first-order valence-corrected chi connectivity index (χ1v) is 24.1. The van der Waals surface area contributed by atoms with Crippen LogP contribution < -0.4 is 0 Å². The van der Waals surface area contributed by atoms with Crippen LogP contribution in [0.3, 0.4) is 0 Å². The topological polar surface area (TPSA) is 217 Å². The van der Waals surface area contributed by atoms with Crippen molar-refractivity contribution >= 4 is 29.2 Å². The predicted molar refractivity (Wildman–Crippen MR) is 245 cm³/mol. The zero-order chi connectivity index (χ0) is 48.2. The summed E-state index contributed by atoms with van der Waals surface area (Å²) in [6.07, 6.45) is 12.1. The fourth-order valence-corrected chi connectivity index (χ4v) is 10.3. The van der Waals surface area contributed by atoms with Crippen LogP contribution in [0.25, 0.3) is 0 Å². The van der Waals surface area contributed by atoms with Crippen molar-refractivity contribution in [3.8, 4) is 0 Å². The van der Waals surface area contributed by atoms with Crippen molar-refractivity contribution in [2.24, 2.45) is 47.3 Å². The van der Waals surface area contributed by atoms with E-state index in [-0.39, 0.29) is 61.2 Å². The number of carbonyl (C=O) groups excluding carboxylic acids is 5. The van der Waals surface area contributed by atoms with Crippen molar-refractivity contribution in [1.82, 2.24) is 4.90 Å². The van der Waals surface area contributed by atoms with E-state index in [9.17, 15) is 49.5 Å². The zero-order valence-corrected chi connectivity index (χ0v) is 40.1. The Balaban J connectivity index is 1.70. The highest BCUT2D eigenvalue weighted by atomic mass is 16.6. The highest BCUT2D eigenvalue weighted by molar-refractivity contribution is 6.39. The molecule has 0 spiro atoms. The molecular formula is C51H79NO13. The van der Waals surface area contributed by atoms with Gasteiger partial charge in [-0.2, -0.15) is 0 Å². The number of amides is 1. The number of ether oxygens (including phenoxy) is 3. The normalized spacial score (nSPS) is 39.1. The molecule has 15 atom stereocenters. The molecule has 14 heteroatoms. The second kappa shape index (κ2) is 25.1. The number of aliphatic hydroxyl groups is 5. The lowest BCUT2D eigenvalue weighted by Crippen LogP contribution is -2.61. The molecule has 366 valence electrons. The van der Waals surface area contributed by atoms with Crippen molar-refractivity contribution in [1.29, 1.82) is 0 Å². The number of esters is 1. The lowest BCUT2D eigenvalue weighted by atomic mass is 9.75. The fourth-order valence-electron chi connectivity index (χ4n) is 10.3. The molecule has 4 rings (SSSR count). The Kier molecular flexibility index (Phi) is 21.0. The summed E-state index contributed by atoms with van der Waals surface area (Å²) in [5, 5.41) is 54.0. The van der Waals surface area contributed by atoms with E-state index in [1.165, 1.54) is 4.90 Å². The van der Waals surface area contributed by atoms with Crippen molar-refractivity contribution in [3.63, 3.8) is 0 Å². The highest BCUT2D eigenvalue weighted by Crippen LogP contribution is 2.38. The first kappa shape index (κ1) is 54.2. The molecule has 3 fully saturated rings. The fraction of sp³-hybridized carbons (Fsp3) is 0.745. The van der Waals surface area contributed by atoms with Crippen LogP contribution in [0.4, 0.5) is 0 Å². The lowest BCUT2D eigenvalue weighted by Gasteiger charge is -2.42. The van der Waals surface area contributed by atoms with Gasteiger partial charge in [0.15, 0.2) is 0 Å². The maximum atomic E-state index is 14.3. The number of hydrogen-bond donors (Lipinski definition) is 5. The molecule has 0 aromatic carbocycles. The van der Waals surface area contributed by atoms with Gasteiger partial charge >= 0.3 is 5.97 Å². The Morgan fingerprint density at radius 1 is 0.877 bits per heavy atom. The first-order chi connectivity index (χ1) is 30.7. The molecule has 0 radical (unpaired) electrons. The van der Waals surface area contributed by atoms with E-state index in [0.29, 0.717) is 69.8 Å². The Labute approximate surface area is 386 Å². The van der Waals surface area contributed by atoms with E-state index in [2.05, 4.69) is 0 Å². The van der Waals surface area contributed by atoms with E-state index in [1.807, 2.05) is 51.2 Å². The van der Waals surface area contributed by atoms with Gasteiger partial charge in [0.1, 0.15) is 23.7 Å². The minimum atomic E-state index is -2.44. The number of rotatable bonds is 6. The molecule has 1 aliphatic carbocycles. The van der Waals surface area contributed by atoms with Gasteiger partial charge in [-0.15, -0.1) is 0 Å². The molecule has 2 saturated heterocycles. The van der Waals surface area contributed by atoms with E-state index >= 15 is 0 Å². The number of fused-ring (bicyclic) bond motifs is 3. The third-order valence-electron chi connectivity index (χ3n) is 14.7. The van der Waals surface area contributed by atoms with Crippen LogP contribution >= 0.6 is 0 Å².